The van der Waals surface area contributed by atoms with Crippen LogP contribution in [0.3, 0.4) is 0 Å². The van der Waals surface area contributed by atoms with Gasteiger partial charge in [0.05, 0.1) is 28.5 Å². The standard InChI is InChI=1S/C22H21FN6O4S/c1-3-10-28-19(12-20(30)24-17-7-5-4-6-16(17)23)26-27-22(28)34-13-21(31)25-18-11-15(29(32)33)9-8-14(18)2/h3-9,11H,1,10,12-13H2,2H3,(H,24,30)(H,25,31). The van der Waals surface area contributed by atoms with Crippen LogP contribution < -0.4 is 10.6 Å². The minimum Gasteiger partial charge on any atom is -0.325 e. The SMILES string of the molecule is C=CCn1c(CC(=O)Nc2ccccc2F)nnc1SCC(=O)Nc1cc([N+](=O)[O-])ccc1C. The number of aromatic nitrogens is 3. The number of carbonyl (C=O) groups excluding carboxylic acids is 2. The van der Waals surface area contributed by atoms with E-state index in [9.17, 15) is 24.1 Å². The third kappa shape index (κ3) is 6.25. The first-order valence-electron chi connectivity index (χ1n) is 10.0. The zero-order valence-corrected chi connectivity index (χ0v) is 19.0. The quantitative estimate of drug-likeness (QED) is 0.194. The fourth-order valence-corrected chi connectivity index (χ4v) is 3.71. The van der Waals surface area contributed by atoms with Crippen LogP contribution in [0, 0.1) is 22.9 Å². The molecule has 1 heterocycles. The summed E-state index contributed by atoms with van der Waals surface area (Å²) in [5, 5.41) is 24.6. The number of rotatable bonds is 10. The largest absolute Gasteiger partial charge is 0.325 e. The number of nitro groups is 1. The van der Waals surface area contributed by atoms with Crippen molar-refractivity contribution in [3.8, 4) is 0 Å². The summed E-state index contributed by atoms with van der Waals surface area (Å²) in [6.07, 6.45) is 1.44. The maximum atomic E-state index is 13.8. The number of nitrogens with zero attached hydrogens (tertiary/aromatic N) is 4. The summed E-state index contributed by atoms with van der Waals surface area (Å²) in [6, 6.07) is 10.0. The number of nitrogens with one attached hydrogen (secondary N) is 2. The second-order valence-electron chi connectivity index (χ2n) is 7.10. The Bertz CT molecular complexity index is 1250. The van der Waals surface area contributed by atoms with E-state index in [1.165, 1.54) is 30.3 Å². The molecule has 0 saturated carbocycles. The molecule has 176 valence electrons. The van der Waals surface area contributed by atoms with Crippen molar-refractivity contribution in [2.45, 2.75) is 25.0 Å². The number of thioether (sulfide) groups is 1. The van der Waals surface area contributed by atoms with E-state index in [1.807, 2.05) is 0 Å². The first-order valence-corrected chi connectivity index (χ1v) is 11.0. The van der Waals surface area contributed by atoms with Gasteiger partial charge >= 0.3 is 0 Å². The van der Waals surface area contributed by atoms with E-state index in [2.05, 4.69) is 27.4 Å². The van der Waals surface area contributed by atoms with Gasteiger partial charge in [0.15, 0.2) is 5.16 Å². The van der Waals surface area contributed by atoms with Gasteiger partial charge in [0.25, 0.3) is 5.69 Å². The van der Waals surface area contributed by atoms with Crippen LogP contribution in [0.2, 0.25) is 0 Å². The molecule has 2 amide bonds. The number of nitro benzene ring substituents is 1. The molecule has 2 N–H and O–H groups in total. The van der Waals surface area contributed by atoms with E-state index in [4.69, 9.17) is 0 Å². The molecular formula is C22H21FN6O4S. The molecule has 0 radical (unpaired) electrons. The monoisotopic (exact) mass is 484 g/mol. The molecule has 10 nitrogen and oxygen atoms in total. The van der Waals surface area contributed by atoms with Crippen molar-refractivity contribution in [3.63, 3.8) is 0 Å². The Morgan fingerprint density at radius 2 is 1.91 bits per heavy atom. The van der Waals surface area contributed by atoms with Gasteiger partial charge in [-0.3, -0.25) is 19.7 Å². The van der Waals surface area contributed by atoms with E-state index in [0.29, 0.717) is 28.8 Å². The van der Waals surface area contributed by atoms with Gasteiger partial charge in [0, 0.05) is 18.7 Å². The summed E-state index contributed by atoms with van der Waals surface area (Å²) in [6.45, 7) is 5.71. The van der Waals surface area contributed by atoms with Gasteiger partial charge in [0.2, 0.25) is 11.8 Å². The highest BCUT2D eigenvalue weighted by Gasteiger charge is 2.18. The number of para-hydroxylation sites is 1. The molecule has 3 rings (SSSR count). The molecule has 0 bridgehead atoms. The van der Waals surface area contributed by atoms with Gasteiger partial charge in [-0.1, -0.05) is 36.0 Å². The molecule has 0 fully saturated rings. The molecule has 34 heavy (non-hydrogen) atoms. The Balaban J connectivity index is 1.65. The highest BCUT2D eigenvalue weighted by atomic mass is 32.2. The highest BCUT2D eigenvalue weighted by Crippen LogP contribution is 2.23. The number of hydrogen-bond acceptors (Lipinski definition) is 7. The zero-order chi connectivity index (χ0) is 24.7. The molecule has 0 unspecified atom stereocenters. The van der Waals surface area contributed by atoms with E-state index < -0.39 is 16.6 Å². The van der Waals surface area contributed by atoms with Crippen molar-refractivity contribution in [1.82, 2.24) is 14.8 Å². The van der Waals surface area contributed by atoms with Crippen LogP contribution in [0.4, 0.5) is 21.5 Å². The lowest BCUT2D eigenvalue weighted by Gasteiger charge is -2.10. The molecule has 12 heteroatoms. The number of hydrogen-bond donors (Lipinski definition) is 2. The first kappa shape index (κ1) is 24.6. The molecule has 0 aliphatic heterocycles. The van der Waals surface area contributed by atoms with Gasteiger partial charge in [0.1, 0.15) is 11.6 Å². The van der Waals surface area contributed by atoms with Crippen molar-refractivity contribution in [2.24, 2.45) is 0 Å². The van der Waals surface area contributed by atoms with E-state index >= 15 is 0 Å². The topological polar surface area (TPSA) is 132 Å². The smallest absolute Gasteiger partial charge is 0.271 e. The van der Waals surface area contributed by atoms with Crippen LogP contribution in [-0.4, -0.2) is 37.3 Å². The minimum absolute atomic E-state index is 0.0428. The van der Waals surface area contributed by atoms with Gasteiger partial charge < -0.3 is 15.2 Å². The fraction of sp³-hybridized carbons (Fsp3) is 0.182. The maximum Gasteiger partial charge on any atom is 0.271 e. The normalized spacial score (nSPS) is 10.5. The third-order valence-corrected chi connectivity index (χ3v) is 5.58. The highest BCUT2D eigenvalue weighted by molar-refractivity contribution is 7.99. The Kier molecular flexibility index (Phi) is 8.09. The second kappa shape index (κ2) is 11.2. The summed E-state index contributed by atoms with van der Waals surface area (Å²) < 4.78 is 15.4. The lowest BCUT2D eigenvalue weighted by molar-refractivity contribution is -0.384. The number of halogens is 1. The molecule has 0 atom stereocenters. The van der Waals surface area contributed by atoms with Crippen LogP contribution >= 0.6 is 11.8 Å². The van der Waals surface area contributed by atoms with Crippen molar-refractivity contribution >= 4 is 40.6 Å². The van der Waals surface area contributed by atoms with Crippen LogP contribution in [0.25, 0.3) is 0 Å². The summed E-state index contributed by atoms with van der Waals surface area (Å²) in [7, 11) is 0. The molecule has 3 aromatic rings. The Labute approximate surface area is 198 Å². The third-order valence-electron chi connectivity index (χ3n) is 4.61. The number of non-ortho nitro benzene ring substituents is 1. The van der Waals surface area contributed by atoms with Crippen molar-refractivity contribution < 1.29 is 18.9 Å². The summed E-state index contributed by atoms with van der Waals surface area (Å²) in [5.41, 5.74) is 0.961. The molecule has 0 saturated heterocycles. The minimum atomic E-state index is -0.551. The number of benzene rings is 2. The summed E-state index contributed by atoms with van der Waals surface area (Å²) >= 11 is 1.09. The average molecular weight is 485 g/mol. The van der Waals surface area contributed by atoms with Crippen molar-refractivity contribution in [3.05, 3.63) is 82.4 Å². The van der Waals surface area contributed by atoms with Crippen LogP contribution in [0.5, 0.6) is 0 Å². The first-order chi connectivity index (χ1) is 16.3. The van der Waals surface area contributed by atoms with Crippen LogP contribution in [0.1, 0.15) is 11.4 Å². The number of amides is 2. The number of carbonyl (C=O) groups is 2. The lowest BCUT2D eigenvalue weighted by Crippen LogP contribution is -2.19. The Morgan fingerprint density at radius 1 is 1.18 bits per heavy atom. The predicted molar refractivity (Wildman–Crippen MR) is 126 cm³/mol. The number of aryl methyl sites for hydroxylation is 1. The molecule has 1 aromatic heterocycles. The average Bonchev–Trinajstić information content (AvgIpc) is 3.16. The van der Waals surface area contributed by atoms with Gasteiger partial charge in [-0.2, -0.15) is 0 Å². The van der Waals surface area contributed by atoms with E-state index in [0.717, 1.165) is 11.8 Å². The number of anilines is 2. The second-order valence-corrected chi connectivity index (χ2v) is 8.04. The number of allylic oxidation sites excluding steroid dienone is 1. The summed E-state index contributed by atoms with van der Waals surface area (Å²) in [5.74, 6) is -1.13. The fourth-order valence-electron chi connectivity index (χ4n) is 2.94. The maximum absolute atomic E-state index is 13.8. The van der Waals surface area contributed by atoms with Gasteiger partial charge in [-0.05, 0) is 24.6 Å². The van der Waals surface area contributed by atoms with Crippen LogP contribution in [0.15, 0.2) is 60.3 Å². The predicted octanol–water partition coefficient (Wildman–Crippen LogP) is 3.73. The zero-order valence-electron chi connectivity index (χ0n) is 18.2. The Morgan fingerprint density at radius 3 is 2.62 bits per heavy atom. The molecule has 0 aliphatic rings. The van der Waals surface area contributed by atoms with Crippen LogP contribution in [-0.2, 0) is 22.6 Å². The molecule has 2 aromatic carbocycles. The van der Waals surface area contributed by atoms with E-state index in [-0.39, 0.29) is 29.5 Å². The van der Waals surface area contributed by atoms with Gasteiger partial charge in [-0.25, -0.2) is 4.39 Å². The van der Waals surface area contributed by atoms with Crippen molar-refractivity contribution in [1.29, 1.82) is 0 Å². The van der Waals surface area contributed by atoms with Gasteiger partial charge in [-0.15, -0.1) is 16.8 Å². The Hall–Kier alpha value is -4.06. The molecular weight excluding hydrogens is 463 g/mol. The summed E-state index contributed by atoms with van der Waals surface area (Å²) in [4.78, 5) is 35.2. The lowest BCUT2D eigenvalue weighted by atomic mass is 10.2. The molecule has 0 aliphatic carbocycles. The van der Waals surface area contributed by atoms with Crippen molar-refractivity contribution in [2.75, 3.05) is 16.4 Å². The molecule has 0 spiro atoms. The van der Waals surface area contributed by atoms with E-state index in [1.54, 1.807) is 29.7 Å².